The van der Waals surface area contributed by atoms with Crippen molar-refractivity contribution in [3.05, 3.63) is 21.3 Å². The molecule has 0 unspecified atom stereocenters. The fourth-order valence-electron chi connectivity index (χ4n) is 2.15. The smallest absolute Gasteiger partial charge is 0.155 e. The minimum atomic E-state index is 0.285. The Morgan fingerprint density at radius 1 is 1.29 bits per heavy atom. The number of nitrogens with zero attached hydrogens (tertiary/aromatic N) is 1. The molecule has 4 heteroatoms. The van der Waals surface area contributed by atoms with Crippen molar-refractivity contribution in [3.63, 3.8) is 0 Å². The monoisotopic (exact) mass is 342 g/mol. The summed E-state index contributed by atoms with van der Waals surface area (Å²) in [7, 11) is 0. The number of hydrogen-bond acceptors (Lipinski definition) is 3. The van der Waals surface area contributed by atoms with Gasteiger partial charge in [-0.25, -0.2) is 0 Å². The molecule has 1 saturated carbocycles. The van der Waals surface area contributed by atoms with Gasteiger partial charge < -0.3 is 10.5 Å². The lowest BCUT2D eigenvalue weighted by Gasteiger charge is -2.24. The van der Waals surface area contributed by atoms with Crippen LogP contribution in [0.4, 0.5) is 5.69 Å². The second kappa shape index (κ2) is 5.58. The summed E-state index contributed by atoms with van der Waals surface area (Å²) >= 11 is 2.17. The molecule has 1 aliphatic carbocycles. The predicted molar refractivity (Wildman–Crippen MR) is 75.8 cm³/mol. The van der Waals surface area contributed by atoms with Gasteiger partial charge >= 0.3 is 0 Å². The van der Waals surface area contributed by atoms with Crippen molar-refractivity contribution in [2.75, 3.05) is 5.73 Å². The van der Waals surface area contributed by atoms with Crippen LogP contribution in [-0.2, 0) is 0 Å². The summed E-state index contributed by atoms with van der Waals surface area (Å²) in [6.07, 6.45) is 6.27. The summed E-state index contributed by atoms with van der Waals surface area (Å²) in [6.45, 7) is 0. The number of benzene rings is 1. The van der Waals surface area contributed by atoms with Crippen LogP contribution in [0, 0.1) is 14.9 Å². The molecule has 1 aromatic rings. The van der Waals surface area contributed by atoms with E-state index in [1.54, 1.807) is 6.07 Å². The van der Waals surface area contributed by atoms with Gasteiger partial charge in [0, 0.05) is 0 Å². The Hall–Kier alpha value is -0.960. The molecule has 1 aromatic carbocycles. The van der Waals surface area contributed by atoms with E-state index >= 15 is 0 Å². The quantitative estimate of drug-likeness (QED) is 0.661. The van der Waals surface area contributed by atoms with Gasteiger partial charge in [0.05, 0.1) is 27.0 Å². The summed E-state index contributed by atoms with van der Waals surface area (Å²) in [5, 5.41) is 8.85. The molecule has 0 bridgehead atoms. The maximum Gasteiger partial charge on any atom is 0.155 e. The molecule has 0 amide bonds. The van der Waals surface area contributed by atoms with Gasteiger partial charge in [-0.1, -0.05) is 6.42 Å². The van der Waals surface area contributed by atoms with Gasteiger partial charge in [-0.05, 0) is 60.4 Å². The molecular weight excluding hydrogens is 327 g/mol. The lowest BCUT2D eigenvalue weighted by Crippen LogP contribution is -2.20. The molecule has 0 aromatic heterocycles. The average molecular weight is 342 g/mol. The van der Waals surface area contributed by atoms with Gasteiger partial charge in [-0.3, -0.25) is 0 Å². The molecule has 0 atom stereocenters. The Morgan fingerprint density at radius 2 is 2.00 bits per heavy atom. The van der Waals surface area contributed by atoms with Crippen LogP contribution < -0.4 is 10.5 Å². The van der Waals surface area contributed by atoms with E-state index in [-0.39, 0.29) is 6.10 Å². The van der Waals surface area contributed by atoms with E-state index in [0.29, 0.717) is 11.3 Å². The number of hydrogen-bond donors (Lipinski definition) is 1. The number of rotatable bonds is 2. The van der Waals surface area contributed by atoms with Gasteiger partial charge in [0.25, 0.3) is 0 Å². The molecular formula is C13H15IN2O. The zero-order valence-electron chi connectivity index (χ0n) is 9.58. The summed E-state index contributed by atoms with van der Waals surface area (Å²) in [5.41, 5.74) is 7.09. The molecule has 0 spiro atoms. The van der Waals surface area contributed by atoms with Crippen LogP contribution in [0.5, 0.6) is 5.75 Å². The largest absolute Gasteiger partial charge is 0.487 e. The minimum Gasteiger partial charge on any atom is -0.487 e. The Balaban J connectivity index is 2.18. The maximum absolute atomic E-state index is 8.85. The van der Waals surface area contributed by atoms with E-state index < -0.39 is 0 Å². The molecule has 0 radical (unpaired) electrons. The lowest BCUT2D eigenvalue weighted by atomic mass is 9.98. The fraction of sp³-hybridized carbons (Fsp3) is 0.462. The van der Waals surface area contributed by atoms with Gasteiger partial charge in [0.1, 0.15) is 0 Å². The van der Waals surface area contributed by atoms with Crippen molar-refractivity contribution < 1.29 is 4.74 Å². The van der Waals surface area contributed by atoms with Crippen molar-refractivity contribution in [1.29, 1.82) is 5.26 Å². The molecule has 0 heterocycles. The Labute approximate surface area is 115 Å². The summed E-state index contributed by atoms with van der Waals surface area (Å²) in [6, 6.07) is 5.59. The number of halogens is 1. The van der Waals surface area contributed by atoms with E-state index in [2.05, 4.69) is 28.7 Å². The normalized spacial score (nSPS) is 16.5. The molecule has 17 heavy (non-hydrogen) atoms. The third-order valence-electron chi connectivity index (χ3n) is 3.04. The van der Waals surface area contributed by atoms with Crippen molar-refractivity contribution in [2.24, 2.45) is 0 Å². The first-order valence-electron chi connectivity index (χ1n) is 5.86. The zero-order valence-corrected chi connectivity index (χ0v) is 11.7. The van der Waals surface area contributed by atoms with Crippen molar-refractivity contribution >= 4 is 28.3 Å². The Bertz CT molecular complexity index is 424. The SMILES string of the molecule is N#Cc1cc(N)c(OC2CCCCC2)c(I)c1. The van der Waals surface area contributed by atoms with E-state index in [9.17, 15) is 0 Å². The third kappa shape index (κ3) is 3.03. The van der Waals surface area contributed by atoms with Crippen LogP contribution in [0.25, 0.3) is 0 Å². The number of nitriles is 1. The van der Waals surface area contributed by atoms with Crippen LogP contribution in [0.3, 0.4) is 0 Å². The molecule has 2 N–H and O–H groups in total. The second-order valence-electron chi connectivity index (χ2n) is 4.37. The molecule has 0 saturated heterocycles. The minimum absolute atomic E-state index is 0.285. The molecule has 1 aliphatic rings. The molecule has 3 nitrogen and oxygen atoms in total. The summed E-state index contributed by atoms with van der Waals surface area (Å²) in [5.74, 6) is 0.747. The predicted octanol–water partition coefficient (Wildman–Crippen LogP) is 3.46. The van der Waals surface area contributed by atoms with Gasteiger partial charge in [-0.15, -0.1) is 0 Å². The van der Waals surface area contributed by atoms with Crippen LogP contribution in [0.2, 0.25) is 0 Å². The van der Waals surface area contributed by atoms with E-state index in [1.165, 1.54) is 19.3 Å². The standard InChI is InChI=1S/C13H15IN2O/c14-11-6-9(8-15)7-12(16)13(11)17-10-4-2-1-3-5-10/h6-7,10H,1-5,16H2. The van der Waals surface area contributed by atoms with Crippen LogP contribution >= 0.6 is 22.6 Å². The summed E-state index contributed by atoms with van der Waals surface area (Å²) in [4.78, 5) is 0. The fourth-order valence-corrected chi connectivity index (χ4v) is 2.93. The third-order valence-corrected chi connectivity index (χ3v) is 3.84. The molecule has 1 fully saturated rings. The topological polar surface area (TPSA) is 59.0 Å². The maximum atomic E-state index is 8.85. The van der Waals surface area contributed by atoms with Gasteiger partial charge in [0.15, 0.2) is 5.75 Å². The highest BCUT2D eigenvalue weighted by molar-refractivity contribution is 14.1. The molecule has 90 valence electrons. The summed E-state index contributed by atoms with van der Waals surface area (Å²) < 4.78 is 6.90. The number of nitrogens with two attached hydrogens (primary N) is 1. The van der Waals surface area contributed by atoms with E-state index in [0.717, 1.165) is 22.2 Å². The average Bonchev–Trinajstić information content (AvgIpc) is 2.35. The number of nitrogen functional groups attached to an aromatic ring is 1. The molecule has 0 aliphatic heterocycles. The van der Waals surface area contributed by atoms with Crippen LogP contribution in [0.15, 0.2) is 12.1 Å². The van der Waals surface area contributed by atoms with Crippen molar-refractivity contribution in [3.8, 4) is 11.8 Å². The van der Waals surface area contributed by atoms with E-state index in [4.69, 9.17) is 15.7 Å². The van der Waals surface area contributed by atoms with Crippen LogP contribution in [0.1, 0.15) is 37.7 Å². The number of ether oxygens (including phenoxy) is 1. The van der Waals surface area contributed by atoms with Crippen LogP contribution in [-0.4, -0.2) is 6.10 Å². The highest BCUT2D eigenvalue weighted by Crippen LogP contribution is 2.32. The Morgan fingerprint density at radius 3 is 2.59 bits per heavy atom. The first-order chi connectivity index (χ1) is 8.20. The van der Waals surface area contributed by atoms with Gasteiger partial charge in [0.2, 0.25) is 0 Å². The Kier molecular flexibility index (Phi) is 4.11. The second-order valence-corrected chi connectivity index (χ2v) is 5.53. The van der Waals surface area contributed by atoms with Crippen molar-refractivity contribution in [1.82, 2.24) is 0 Å². The lowest BCUT2D eigenvalue weighted by molar-refractivity contribution is 0.155. The van der Waals surface area contributed by atoms with Crippen molar-refractivity contribution in [2.45, 2.75) is 38.2 Å². The van der Waals surface area contributed by atoms with Gasteiger partial charge in [-0.2, -0.15) is 5.26 Å². The number of anilines is 1. The first kappa shape index (κ1) is 12.5. The van der Waals surface area contributed by atoms with E-state index in [1.807, 2.05) is 6.07 Å². The zero-order chi connectivity index (χ0) is 12.3. The highest BCUT2D eigenvalue weighted by Gasteiger charge is 2.18. The molecule has 2 rings (SSSR count). The highest BCUT2D eigenvalue weighted by atomic mass is 127. The first-order valence-corrected chi connectivity index (χ1v) is 6.94.